The summed E-state index contributed by atoms with van der Waals surface area (Å²) in [6.07, 6.45) is 8.70. The van der Waals surface area contributed by atoms with Crippen molar-refractivity contribution in [2.24, 2.45) is 40.4 Å². The molecular weight excluding hydrogens is 334 g/mol. The number of fused-ring (bicyclic) bond motifs is 5. The highest BCUT2D eigenvalue weighted by atomic mass is 16.3. The van der Waals surface area contributed by atoms with Gasteiger partial charge in [-0.25, -0.2) is 4.85 Å². The van der Waals surface area contributed by atoms with Crippen LogP contribution < -0.4 is 0 Å². The fourth-order valence-corrected chi connectivity index (χ4v) is 8.48. The first kappa shape index (κ1) is 19.5. The Bertz CT molecular complexity index is 689. The Morgan fingerprint density at radius 1 is 1.15 bits per heavy atom. The van der Waals surface area contributed by atoms with E-state index in [1.54, 1.807) is 0 Å². The molecule has 0 amide bonds. The molecular formula is C24H37NO2. The van der Waals surface area contributed by atoms with Crippen molar-refractivity contribution < 1.29 is 10.2 Å². The Morgan fingerprint density at radius 2 is 1.89 bits per heavy atom. The van der Waals surface area contributed by atoms with Crippen LogP contribution in [0.15, 0.2) is 11.3 Å². The second kappa shape index (κ2) is 6.33. The van der Waals surface area contributed by atoms with E-state index < -0.39 is 5.60 Å². The van der Waals surface area contributed by atoms with Gasteiger partial charge in [0.05, 0.1) is 12.2 Å². The van der Waals surface area contributed by atoms with Gasteiger partial charge < -0.3 is 10.2 Å². The fourth-order valence-electron chi connectivity index (χ4n) is 8.48. The third-order valence-corrected chi connectivity index (χ3v) is 9.66. The Labute approximate surface area is 165 Å². The Hall–Kier alpha value is -0.850. The summed E-state index contributed by atoms with van der Waals surface area (Å²) in [5.41, 5.74) is 2.14. The Kier molecular flexibility index (Phi) is 4.56. The highest BCUT2D eigenvalue weighted by Crippen LogP contribution is 2.69. The van der Waals surface area contributed by atoms with Crippen molar-refractivity contribution >= 4 is 0 Å². The summed E-state index contributed by atoms with van der Waals surface area (Å²) in [7, 11) is 0. The summed E-state index contributed by atoms with van der Waals surface area (Å²) >= 11 is 0. The third-order valence-electron chi connectivity index (χ3n) is 9.66. The van der Waals surface area contributed by atoms with Crippen LogP contribution in [-0.4, -0.2) is 22.4 Å². The average Bonchev–Trinajstić information content (AvgIpc) is 2.97. The van der Waals surface area contributed by atoms with Gasteiger partial charge in [0.25, 0.3) is 0 Å². The van der Waals surface area contributed by atoms with Crippen LogP contribution >= 0.6 is 0 Å². The molecule has 0 bridgehead atoms. The van der Waals surface area contributed by atoms with Gasteiger partial charge in [-0.1, -0.05) is 19.4 Å². The fraction of sp³-hybridized carbons (Fsp3) is 0.875. The molecule has 4 rings (SSSR count). The lowest BCUT2D eigenvalue weighted by molar-refractivity contribution is -0.166. The van der Waals surface area contributed by atoms with E-state index in [1.165, 1.54) is 24.8 Å². The molecule has 27 heavy (non-hydrogen) atoms. The lowest BCUT2D eigenvalue weighted by Gasteiger charge is -2.63. The van der Waals surface area contributed by atoms with Crippen molar-refractivity contribution in [2.75, 3.05) is 6.61 Å². The van der Waals surface area contributed by atoms with Crippen molar-refractivity contribution in [3.05, 3.63) is 22.7 Å². The molecule has 0 spiro atoms. The minimum absolute atomic E-state index is 0.104. The van der Waals surface area contributed by atoms with Gasteiger partial charge in [-0.15, -0.1) is 0 Å². The molecule has 0 aromatic rings. The zero-order valence-electron chi connectivity index (χ0n) is 17.6. The van der Waals surface area contributed by atoms with E-state index in [0.29, 0.717) is 29.6 Å². The first-order valence-electron chi connectivity index (χ1n) is 11.1. The van der Waals surface area contributed by atoms with E-state index >= 15 is 0 Å². The number of aliphatic hydroxyl groups excluding tert-OH is 1. The zero-order chi connectivity index (χ0) is 19.6. The van der Waals surface area contributed by atoms with Gasteiger partial charge in [-0.2, -0.15) is 0 Å². The number of allylic oxidation sites excluding steroid dienone is 2. The second-order valence-electron chi connectivity index (χ2n) is 11.1. The lowest BCUT2D eigenvalue weighted by Crippen LogP contribution is -2.58. The van der Waals surface area contributed by atoms with E-state index in [2.05, 4.69) is 18.7 Å². The Morgan fingerprint density at radius 3 is 2.56 bits per heavy atom. The predicted octanol–water partition coefficient (Wildman–Crippen LogP) is 5.19. The molecule has 4 aliphatic carbocycles. The maximum atomic E-state index is 10.7. The second-order valence-corrected chi connectivity index (χ2v) is 11.1. The molecule has 150 valence electrons. The average molecular weight is 372 g/mol. The van der Waals surface area contributed by atoms with Crippen LogP contribution in [0.1, 0.15) is 79.1 Å². The summed E-state index contributed by atoms with van der Waals surface area (Å²) in [5, 5.41) is 21.1. The summed E-state index contributed by atoms with van der Waals surface area (Å²) in [6.45, 7) is 16.7. The molecule has 4 fully saturated rings. The number of rotatable bonds is 1. The SMILES string of the molecule is [C-]#[N+]/C(C)=C1/CC[C@H]2[C@@H]3CC[C@H]4C[C@](C)(O)CC[C@]4(C)[C@H]3[C@@H](CO)C[C@]12C. The molecule has 8 atom stereocenters. The smallest absolute Gasteiger partial charge is 0.162 e. The maximum Gasteiger partial charge on any atom is 0.162 e. The number of nitrogens with zero attached hydrogens (tertiary/aromatic N) is 1. The van der Waals surface area contributed by atoms with Crippen LogP contribution in [0.5, 0.6) is 0 Å². The van der Waals surface area contributed by atoms with E-state index in [1.807, 2.05) is 13.8 Å². The molecule has 3 heteroatoms. The van der Waals surface area contributed by atoms with Crippen molar-refractivity contribution in [1.82, 2.24) is 0 Å². The normalized spacial score (nSPS) is 53.7. The van der Waals surface area contributed by atoms with E-state index in [9.17, 15) is 10.2 Å². The van der Waals surface area contributed by atoms with Crippen molar-refractivity contribution in [3.63, 3.8) is 0 Å². The molecule has 4 saturated carbocycles. The molecule has 3 nitrogen and oxygen atoms in total. The predicted molar refractivity (Wildman–Crippen MR) is 108 cm³/mol. The molecule has 0 aromatic carbocycles. The molecule has 0 heterocycles. The summed E-state index contributed by atoms with van der Waals surface area (Å²) in [6, 6.07) is 0. The van der Waals surface area contributed by atoms with Crippen LogP contribution in [0.4, 0.5) is 0 Å². The standard InChI is InChI=1S/C24H37NO2/c1-15(25-5)19-8-9-20-18-7-6-17-13-22(2,27)10-11-23(17,3)21(18)16(14-26)12-24(19,20)4/h16-18,20-21,26-27H,6-14H2,1-4H3/b19-15-/t16-,17+,18+,20+,21+,22-,23+,24-/m1/s1. The molecule has 0 unspecified atom stereocenters. The molecule has 0 saturated heterocycles. The number of aliphatic hydroxyl groups is 2. The van der Waals surface area contributed by atoms with Crippen molar-refractivity contribution in [1.29, 1.82) is 0 Å². The quantitative estimate of drug-likeness (QED) is 0.623. The Balaban J connectivity index is 1.72. The summed E-state index contributed by atoms with van der Waals surface area (Å²) in [4.78, 5) is 3.80. The van der Waals surface area contributed by atoms with Crippen molar-refractivity contribution in [3.8, 4) is 0 Å². The van der Waals surface area contributed by atoms with Crippen LogP contribution in [-0.2, 0) is 0 Å². The third kappa shape index (κ3) is 2.74. The van der Waals surface area contributed by atoms with E-state index in [4.69, 9.17) is 6.57 Å². The highest BCUT2D eigenvalue weighted by molar-refractivity contribution is 5.31. The van der Waals surface area contributed by atoms with Gasteiger partial charge in [-0.05, 0) is 106 Å². The first-order valence-corrected chi connectivity index (χ1v) is 11.1. The van der Waals surface area contributed by atoms with Crippen LogP contribution in [0.25, 0.3) is 4.85 Å². The van der Waals surface area contributed by atoms with Crippen molar-refractivity contribution in [2.45, 2.75) is 84.7 Å². The van der Waals surface area contributed by atoms with Crippen LogP contribution in [0, 0.1) is 47.0 Å². The lowest BCUT2D eigenvalue weighted by atomic mass is 9.42. The molecule has 0 aliphatic heterocycles. The number of hydrogen-bond acceptors (Lipinski definition) is 2. The summed E-state index contributed by atoms with van der Waals surface area (Å²) in [5.74, 6) is 2.82. The van der Waals surface area contributed by atoms with Gasteiger partial charge in [0.2, 0.25) is 0 Å². The van der Waals surface area contributed by atoms with E-state index in [0.717, 1.165) is 37.8 Å². The number of hydrogen-bond donors (Lipinski definition) is 2. The van der Waals surface area contributed by atoms with Gasteiger partial charge in [0.15, 0.2) is 5.70 Å². The zero-order valence-corrected chi connectivity index (χ0v) is 17.6. The topological polar surface area (TPSA) is 44.8 Å². The molecule has 0 aromatic heterocycles. The van der Waals surface area contributed by atoms with E-state index in [-0.39, 0.29) is 17.4 Å². The van der Waals surface area contributed by atoms with Gasteiger partial charge in [0.1, 0.15) is 0 Å². The maximum absolute atomic E-state index is 10.7. The largest absolute Gasteiger partial charge is 0.396 e. The molecule has 2 N–H and O–H groups in total. The molecule has 4 aliphatic rings. The first-order chi connectivity index (χ1) is 12.7. The molecule has 0 radical (unpaired) electrons. The van der Waals surface area contributed by atoms with Crippen LogP contribution in [0.3, 0.4) is 0 Å². The summed E-state index contributed by atoms with van der Waals surface area (Å²) < 4.78 is 0. The highest BCUT2D eigenvalue weighted by Gasteiger charge is 2.62. The van der Waals surface area contributed by atoms with Crippen LogP contribution in [0.2, 0.25) is 0 Å². The van der Waals surface area contributed by atoms with Gasteiger partial charge in [0, 0.05) is 6.61 Å². The monoisotopic (exact) mass is 371 g/mol. The van der Waals surface area contributed by atoms with Gasteiger partial charge in [-0.3, -0.25) is 0 Å². The van der Waals surface area contributed by atoms with Gasteiger partial charge >= 0.3 is 0 Å². The minimum atomic E-state index is -0.509. The minimum Gasteiger partial charge on any atom is -0.396 e.